The summed E-state index contributed by atoms with van der Waals surface area (Å²) in [7, 11) is 0. The lowest BCUT2D eigenvalue weighted by atomic mass is 9.66. The molecule has 0 bridgehead atoms. The van der Waals surface area contributed by atoms with E-state index in [1.165, 1.54) is 42.1 Å². The molecule has 2 heteroatoms. The summed E-state index contributed by atoms with van der Waals surface area (Å²) < 4.78 is 0. The third-order valence-corrected chi connectivity index (χ3v) is 4.45. The lowest BCUT2D eigenvalue weighted by Gasteiger charge is -2.41. The van der Waals surface area contributed by atoms with Crippen molar-refractivity contribution in [3.8, 4) is 0 Å². The number of aromatic amines is 1. The second-order valence-corrected chi connectivity index (χ2v) is 5.42. The zero-order chi connectivity index (χ0) is 11.7. The topological polar surface area (TPSA) is 41.8 Å². The van der Waals surface area contributed by atoms with Crippen LogP contribution in [0.4, 0.5) is 0 Å². The maximum Gasteiger partial charge on any atom is 0.0456 e. The minimum Gasteiger partial charge on any atom is -0.361 e. The number of hydrogen-bond donors (Lipinski definition) is 2. The number of nitrogens with two attached hydrogens (primary N) is 1. The van der Waals surface area contributed by atoms with Gasteiger partial charge in [0.25, 0.3) is 0 Å². The molecule has 1 fully saturated rings. The lowest BCUT2D eigenvalue weighted by molar-refractivity contribution is 0.131. The number of para-hydroxylation sites is 1. The van der Waals surface area contributed by atoms with Gasteiger partial charge in [-0.25, -0.2) is 0 Å². The van der Waals surface area contributed by atoms with E-state index in [9.17, 15) is 0 Å². The van der Waals surface area contributed by atoms with Crippen LogP contribution in [0.5, 0.6) is 0 Å². The number of fused-ring (bicyclic) bond motifs is 1. The van der Waals surface area contributed by atoms with Crippen LogP contribution >= 0.6 is 0 Å². The number of aromatic nitrogens is 1. The minimum atomic E-state index is 0.457. The molecule has 1 aliphatic rings. The summed E-state index contributed by atoms with van der Waals surface area (Å²) >= 11 is 0. The van der Waals surface area contributed by atoms with Gasteiger partial charge in [0.1, 0.15) is 0 Å². The zero-order valence-corrected chi connectivity index (χ0v) is 10.2. The van der Waals surface area contributed by atoms with Crippen molar-refractivity contribution >= 4 is 10.9 Å². The molecule has 90 valence electrons. The predicted octanol–water partition coefficient (Wildman–Crippen LogP) is 3.23. The average molecular weight is 228 g/mol. The van der Waals surface area contributed by atoms with Gasteiger partial charge in [0.2, 0.25) is 0 Å². The van der Waals surface area contributed by atoms with Crippen molar-refractivity contribution in [2.24, 2.45) is 11.1 Å². The number of nitrogens with one attached hydrogen (secondary N) is 1. The Balaban J connectivity index is 1.77. The maximum absolute atomic E-state index is 5.91. The van der Waals surface area contributed by atoms with E-state index in [-0.39, 0.29) is 0 Å². The highest BCUT2D eigenvalue weighted by molar-refractivity contribution is 5.82. The summed E-state index contributed by atoms with van der Waals surface area (Å²) in [6.07, 6.45) is 8.57. The molecule has 0 atom stereocenters. The van der Waals surface area contributed by atoms with E-state index in [2.05, 4.69) is 35.4 Å². The van der Waals surface area contributed by atoms with Gasteiger partial charge in [-0.15, -0.1) is 0 Å². The molecule has 3 rings (SSSR count). The van der Waals surface area contributed by atoms with Crippen LogP contribution in [0.1, 0.15) is 31.2 Å². The van der Waals surface area contributed by atoms with E-state index < -0.39 is 0 Å². The SMILES string of the molecule is NCC1(CCc2c[nH]c3ccccc23)CCC1. The van der Waals surface area contributed by atoms with Gasteiger partial charge in [0.15, 0.2) is 0 Å². The van der Waals surface area contributed by atoms with Crippen LogP contribution in [0.25, 0.3) is 10.9 Å². The van der Waals surface area contributed by atoms with Crippen molar-refractivity contribution in [2.45, 2.75) is 32.1 Å². The number of H-pyrrole nitrogens is 1. The second-order valence-electron chi connectivity index (χ2n) is 5.42. The van der Waals surface area contributed by atoms with Crippen molar-refractivity contribution in [3.05, 3.63) is 36.0 Å². The van der Waals surface area contributed by atoms with Gasteiger partial charge < -0.3 is 10.7 Å². The van der Waals surface area contributed by atoms with Crippen molar-refractivity contribution in [3.63, 3.8) is 0 Å². The summed E-state index contributed by atoms with van der Waals surface area (Å²) in [5, 5.41) is 1.37. The van der Waals surface area contributed by atoms with Crippen LogP contribution in [0.15, 0.2) is 30.5 Å². The van der Waals surface area contributed by atoms with Crippen molar-refractivity contribution in [1.82, 2.24) is 4.98 Å². The zero-order valence-electron chi connectivity index (χ0n) is 10.2. The highest BCUT2D eigenvalue weighted by Crippen LogP contribution is 2.43. The van der Waals surface area contributed by atoms with Crippen LogP contribution in [-0.4, -0.2) is 11.5 Å². The summed E-state index contributed by atoms with van der Waals surface area (Å²) in [6.45, 7) is 0.857. The largest absolute Gasteiger partial charge is 0.361 e. The summed E-state index contributed by atoms with van der Waals surface area (Å²) in [5.74, 6) is 0. The predicted molar refractivity (Wildman–Crippen MR) is 72.0 cm³/mol. The Kier molecular flexibility index (Phi) is 2.67. The average Bonchev–Trinajstić information content (AvgIpc) is 2.72. The van der Waals surface area contributed by atoms with Gasteiger partial charge in [-0.05, 0) is 49.3 Å². The first-order valence-electron chi connectivity index (χ1n) is 6.58. The summed E-state index contributed by atoms with van der Waals surface area (Å²) in [5.41, 5.74) is 9.06. The number of hydrogen-bond acceptors (Lipinski definition) is 1. The van der Waals surface area contributed by atoms with Gasteiger partial charge in [0, 0.05) is 17.1 Å². The molecule has 1 heterocycles. The molecule has 0 spiro atoms. The van der Waals surface area contributed by atoms with Gasteiger partial charge in [-0.1, -0.05) is 24.6 Å². The fraction of sp³-hybridized carbons (Fsp3) is 0.467. The quantitative estimate of drug-likeness (QED) is 0.829. The standard InChI is InChI=1S/C15H20N2/c16-11-15(7-3-8-15)9-6-12-10-17-14-5-2-1-4-13(12)14/h1-2,4-5,10,17H,3,6-9,11,16H2. The molecule has 1 saturated carbocycles. The molecule has 0 saturated heterocycles. The molecule has 3 N–H and O–H groups in total. The van der Waals surface area contributed by atoms with Crippen LogP contribution < -0.4 is 5.73 Å². The van der Waals surface area contributed by atoms with Crippen LogP contribution in [0.3, 0.4) is 0 Å². The Morgan fingerprint density at radius 2 is 2.06 bits per heavy atom. The molecular weight excluding hydrogens is 208 g/mol. The molecule has 2 aromatic rings. The van der Waals surface area contributed by atoms with E-state index in [1.807, 2.05) is 0 Å². The molecule has 0 aliphatic heterocycles. The Bertz CT molecular complexity index is 503. The van der Waals surface area contributed by atoms with Crippen LogP contribution in [0.2, 0.25) is 0 Å². The monoisotopic (exact) mass is 228 g/mol. The molecule has 1 aromatic carbocycles. The fourth-order valence-corrected chi connectivity index (χ4v) is 2.97. The number of aryl methyl sites for hydroxylation is 1. The fourth-order valence-electron chi connectivity index (χ4n) is 2.97. The Hall–Kier alpha value is -1.28. The Labute approximate surface area is 102 Å². The van der Waals surface area contributed by atoms with Crippen LogP contribution in [0, 0.1) is 5.41 Å². The van der Waals surface area contributed by atoms with E-state index in [1.54, 1.807) is 0 Å². The molecule has 0 unspecified atom stereocenters. The summed E-state index contributed by atoms with van der Waals surface area (Å²) in [6, 6.07) is 8.54. The second kappa shape index (κ2) is 4.19. The number of rotatable bonds is 4. The first-order chi connectivity index (χ1) is 8.33. The molecule has 1 aromatic heterocycles. The van der Waals surface area contributed by atoms with Gasteiger partial charge in [-0.3, -0.25) is 0 Å². The lowest BCUT2D eigenvalue weighted by Crippen LogP contribution is -2.37. The third kappa shape index (κ3) is 1.87. The minimum absolute atomic E-state index is 0.457. The first-order valence-corrected chi connectivity index (χ1v) is 6.58. The van der Waals surface area contributed by atoms with Gasteiger partial charge in [-0.2, -0.15) is 0 Å². The highest BCUT2D eigenvalue weighted by atomic mass is 14.7. The maximum atomic E-state index is 5.91. The van der Waals surface area contributed by atoms with Gasteiger partial charge in [0.05, 0.1) is 0 Å². The first kappa shape index (κ1) is 10.8. The van der Waals surface area contributed by atoms with E-state index in [4.69, 9.17) is 5.73 Å². The van der Waals surface area contributed by atoms with E-state index >= 15 is 0 Å². The van der Waals surface area contributed by atoms with E-state index in [0.29, 0.717) is 5.41 Å². The molecular formula is C15H20N2. The highest BCUT2D eigenvalue weighted by Gasteiger charge is 2.34. The van der Waals surface area contributed by atoms with Crippen molar-refractivity contribution < 1.29 is 0 Å². The molecule has 1 aliphatic carbocycles. The van der Waals surface area contributed by atoms with Gasteiger partial charge >= 0.3 is 0 Å². The number of benzene rings is 1. The third-order valence-electron chi connectivity index (χ3n) is 4.45. The molecule has 2 nitrogen and oxygen atoms in total. The normalized spacial score (nSPS) is 18.2. The summed E-state index contributed by atoms with van der Waals surface area (Å²) in [4.78, 5) is 3.35. The molecule has 0 radical (unpaired) electrons. The molecule has 17 heavy (non-hydrogen) atoms. The van der Waals surface area contributed by atoms with Crippen molar-refractivity contribution in [2.75, 3.05) is 6.54 Å². The molecule has 0 amide bonds. The Morgan fingerprint density at radius 3 is 2.76 bits per heavy atom. The Morgan fingerprint density at radius 1 is 1.24 bits per heavy atom. The van der Waals surface area contributed by atoms with Crippen molar-refractivity contribution in [1.29, 1.82) is 0 Å². The van der Waals surface area contributed by atoms with E-state index in [0.717, 1.165) is 13.0 Å². The van der Waals surface area contributed by atoms with Crippen LogP contribution in [-0.2, 0) is 6.42 Å². The smallest absolute Gasteiger partial charge is 0.0456 e.